The summed E-state index contributed by atoms with van der Waals surface area (Å²) in [5, 5.41) is 16.6. The summed E-state index contributed by atoms with van der Waals surface area (Å²) in [6, 6.07) is 5.79. The lowest BCUT2D eigenvalue weighted by Gasteiger charge is -2.28. The average molecular weight is 321 g/mol. The van der Waals surface area contributed by atoms with Gasteiger partial charge in [-0.2, -0.15) is 0 Å². The molecule has 2 unspecified atom stereocenters. The number of hydrogen-bond donors (Lipinski definition) is 2. The van der Waals surface area contributed by atoms with E-state index in [0.717, 1.165) is 26.1 Å². The SMILES string of the molecule is CC(NC(=O)NC(C)C1CCOCC1)c1cccc([N+](=O)[O-])c1. The summed E-state index contributed by atoms with van der Waals surface area (Å²) in [4.78, 5) is 22.5. The van der Waals surface area contributed by atoms with Crippen LogP contribution in [0.4, 0.5) is 10.5 Å². The number of nitro groups is 1. The smallest absolute Gasteiger partial charge is 0.315 e. The number of non-ortho nitro benzene ring substituents is 1. The van der Waals surface area contributed by atoms with Gasteiger partial charge >= 0.3 is 6.03 Å². The first-order valence-corrected chi connectivity index (χ1v) is 7.86. The summed E-state index contributed by atoms with van der Waals surface area (Å²) in [5.41, 5.74) is 0.722. The summed E-state index contributed by atoms with van der Waals surface area (Å²) in [6.07, 6.45) is 1.89. The Balaban J connectivity index is 1.88. The van der Waals surface area contributed by atoms with Crippen molar-refractivity contribution in [3.05, 3.63) is 39.9 Å². The number of carbonyl (C=O) groups is 1. The highest BCUT2D eigenvalue weighted by molar-refractivity contribution is 5.74. The van der Waals surface area contributed by atoms with Crippen molar-refractivity contribution in [3.8, 4) is 0 Å². The number of urea groups is 1. The third-order valence-corrected chi connectivity index (χ3v) is 4.26. The maximum atomic E-state index is 12.1. The van der Waals surface area contributed by atoms with Crippen LogP contribution in [0.15, 0.2) is 24.3 Å². The molecule has 0 saturated carbocycles. The minimum atomic E-state index is -0.441. The molecule has 1 fully saturated rings. The van der Waals surface area contributed by atoms with Gasteiger partial charge in [-0.15, -0.1) is 0 Å². The maximum Gasteiger partial charge on any atom is 0.315 e. The van der Waals surface area contributed by atoms with Gasteiger partial charge in [0.1, 0.15) is 0 Å². The molecule has 2 N–H and O–H groups in total. The lowest BCUT2D eigenvalue weighted by Crippen LogP contribution is -2.45. The van der Waals surface area contributed by atoms with Crippen LogP contribution in [-0.4, -0.2) is 30.2 Å². The van der Waals surface area contributed by atoms with Gasteiger partial charge in [-0.1, -0.05) is 12.1 Å². The number of ether oxygens (including phenoxy) is 1. The summed E-state index contributed by atoms with van der Waals surface area (Å²) in [7, 11) is 0. The minimum absolute atomic E-state index is 0.0205. The van der Waals surface area contributed by atoms with Crippen LogP contribution in [0.2, 0.25) is 0 Å². The predicted octanol–water partition coefficient (Wildman–Crippen LogP) is 2.77. The largest absolute Gasteiger partial charge is 0.381 e. The van der Waals surface area contributed by atoms with E-state index in [1.807, 2.05) is 6.92 Å². The molecule has 23 heavy (non-hydrogen) atoms. The fourth-order valence-electron chi connectivity index (χ4n) is 2.77. The monoisotopic (exact) mass is 321 g/mol. The predicted molar refractivity (Wildman–Crippen MR) is 86.2 cm³/mol. The molecule has 1 saturated heterocycles. The van der Waals surface area contributed by atoms with E-state index < -0.39 is 4.92 Å². The molecule has 0 radical (unpaired) electrons. The molecule has 0 aromatic heterocycles. The van der Waals surface area contributed by atoms with E-state index in [-0.39, 0.29) is 23.8 Å². The first-order chi connectivity index (χ1) is 11.0. The van der Waals surface area contributed by atoms with Gasteiger partial charge in [0, 0.05) is 31.4 Å². The first-order valence-electron chi connectivity index (χ1n) is 7.86. The number of amides is 2. The normalized spacial score (nSPS) is 18.0. The summed E-state index contributed by atoms with van der Waals surface area (Å²) < 4.78 is 5.32. The number of nitrogens with one attached hydrogen (secondary N) is 2. The second kappa shape index (κ2) is 7.92. The fraction of sp³-hybridized carbons (Fsp3) is 0.562. The van der Waals surface area contributed by atoms with Crippen LogP contribution in [-0.2, 0) is 4.74 Å². The zero-order valence-corrected chi connectivity index (χ0v) is 13.5. The molecule has 126 valence electrons. The Kier molecular flexibility index (Phi) is 5.92. The van der Waals surface area contributed by atoms with Crippen LogP contribution in [0.1, 0.15) is 38.3 Å². The van der Waals surface area contributed by atoms with Crippen molar-refractivity contribution in [2.24, 2.45) is 5.92 Å². The van der Waals surface area contributed by atoms with Crippen LogP contribution in [0.3, 0.4) is 0 Å². The molecule has 1 aliphatic rings. The van der Waals surface area contributed by atoms with Gasteiger partial charge < -0.3 is 15.4 Å². The summed E-state index contributed by atoms with van der Waals surface area (Å²) in [6.45, 7) is 5.27. The Hall–Kier alpha value is -2.15. The van der Waals surface area contributed by atoms with Crippen molar-refractivity contribution in [3.63, 3.8) is 0 Å². The van der Waals surface area contributed by atoms with Crippen molar-refractivity contribution in [1.29, 1.82) is 0 Å². The molecule has 0 bridgehead atoms. The Morgan fingerprint density at radius 2 is 2.00 bits per heavy atom. The highest BCUT2D eigenvalue weighted by Crippen LogP contribution is 2.20. The third-order valence-electron chi connectivity index (χ3n) is 4.26. The van der Waals surface area contributed by atoms with Gasteiger partial charge in [-0.05, 0) is 38.2 Å². The standard InChI is InChI=1S/C16H23N3O4/c1-11(13-6-8-23-9-7-13)17-16(20)18-12(2)14-4-3-5-15(10-14)19(21)22/h3-5,10-13H,6-9H2,1-2H3,(H2,17,18,20). The molecule has 1 aromatic carbocycles. The highest BCUT2D eigenvalue weighted by Gasteiger charge is 2.22. The lowest BCUT2D eigenvalue weighted by atomic mass is 9.93. The lowest BCUT2D eigenvalue weighted by molar-refractivity contribution is -0.384. The molecule has 7 heteroatoms. The molecule has 1 heterocycles. The number of carbonyl (C=O) groups excluding carboxylic acids is 1. The average Bonchev–Trinajstić information content (AvgIpc) is 2.55. The van der Waals surface area contributed by atoms with E-state index >= 15 is 0 Å². The van der Waals surface area contributed by atoms with E-state index in [1.165, 1.54) is 12.1 Å². The van der Waals surface area contributed by atoms with E-state index in [4.69, 9.17) is 4.74 Å². The van der Waals surface area contributed by atoms with Gasteiger partial charge in [-0.3, -0.25) is 10.1 Å². The fourth-order valence-corrected chi connectivity index (χ4v) is 2.77. The summed E-state index contributed by atoms with van der Waals surface area (Å²) >= 11 is 0. The second-order valence-corrected chi connectivity index (χ2v) is 5.93. The molecule has 0 aliphatic carbocycles. The molecule has 2 amide bonds. The van der Waals surface area contributed by atoms with Crippen LogP contribution < -0.4 is 10.6 Å². The van der Waals surface area contributed by atoms with Crippen LogP contribution in [0.25, 0.3) is 0 Å². The van der Waals surface area contributed by atoms with Gasteiger partial charge in [0.2, 0.25) is 0 Å². The van der Waals surface area contributed by atoms with Crippen molar-refractivity contribution in [2.75, 3.05) is 13.2 Å². The molecule has 1 aliphatic heterocycles. The molecular weight excluding hydrogens is 298 g/mol. The summed E-state index contributed by atoms with van der Waals surface area (Å²) in [5.74, 6) is 0.419. The Morgan fingerprint density at radius 1 is 1.30 bits per heavy atom. The number of hydrogen-bond acceptors (Lipinski definition) is 4. The van der Waals surface area contributed by atoms with Crippen LogP contribution >= 0.6 is 0 Å². The molecule has 2 rings (SSSR count). The number of nitrogens with zero attached hydrogens (tertiary/aromatic N) is 1. The maximum absolute atomic E-state index is 12.1. The first kappa shape index (κ1) is 17.2. The minimum Gasteiger partial charge on any atom is -0.381 e. The highest BCUT2D eigenvalue weighted by atomic mass is 16.6. The molecular formula is C16H23N3O4. The second-order valence-electron chi connectivity index (χ2n) is 5.93. The molecule has 1 aromatic rings. The van der Waals surface area contributed by atoms with E-state index in [0.29, 0.717) is 11.5 Å². The molecule has 7 nitrogen and oxygen atoms in total. The van der Waals surface area contributed by atoms with Crippen molar-refractivity contribution in [2.45, 2.75) is 38.8 Å². The Labute approximate surface area is 135 Å². The van der Waals surface area contributed by atoms with E-state index in [9.17, 15) is 14.9 Å². The third kappa shape index (κ3) is 4.92. The number of nitro benzene ring substituents is 1. The zero-order valence-electron chi connectivity index (χ0n) is 13.5. The Morgan fingerprint density at radius 3 is 2.65 bits per heavy atom. The van der Waals surface area contributed by atoms with E-state index in [1.54, 1.807) is 19.1 Å². The van der Waals surface area contributed by atoms with E-state index in [2.05, 4.69) is 10.6 Å². The van der Waals surface area contributed by atoms with Gasteiger partial charge in [-0.25, -0.2) is 4.79 Å². The van der Waals surface area contributed by atoms with Crippen LogP contribution in [0, 0.1) is 16.0 Å². The zero-order chi connectivity index (χ0) is 16.8. The molecule has 2 atom stereocenters. The molecule has 0 spiro atoms. The van der Waals surface area contributed by atoms with Gasteiger partial charge in [0.25, 0.3) is 5.69 Å². The Bertz CT molecular complexity index is 558. The topological polar surface area (TPSA) is 93.5 Å². The number of benzene rings is 1. The van der Waals surface area contributed by atoms with Crippen molar-refractivity contribution in [1.82, 2.24) is 10.6 Å². The quantitative estimate of drug-likeness (QED) is 0.644. The van der Waals surface area contributed by atoms with Crippen LogP contribution in [0.5, 0.6) is 0 Å². The van der Waals surface area contributed by atoms with Crippen molar-refractivity contribution >= 4 is 11.7 Å². The van der Waals surface area contributed by atoms with Crippen molar-refractivity contribution < 1.29 is 14.5 Å². The van der Waals surface area contributed by atoms with Gasteiger partial charge in [0.15, 0.2) is 0 Å². The van der Waals surface area contributed by atoms with Gasteiger partial charge in [0.05, 0.1) is 11.0 Å². The number of rotatable bonds is 5.